The number of hydrogen-bond donors (Lipinski definition) is 1. The summed E-state index contributed by atoms with van der Waals surface area (Å²) in [5.41, 5.74) is 4.15. The maximum atomic E-state index is 12.9. The maximum Gasteiger partial charge on any atom is 0.254 e. The summed E-state index contributed by atoms with van der Waals surface area (Å²) in [6.07, 6.45) is 10.7. The van der Waals surface area contributed by atoms with E-state index in [4.69, 9.17) is 0 Å². The van der Waals surface area contributed by atoms with Crippen molar-refractivity contribution in [3.63, 3.8) is 0 Å². The van der Waals surface area contributed by atoms with Gasteiger partial charge in [-0.3, -0.25) is 9.59 Å². The minimum Gasteiger partial charge on any atom is -0.380 e. The van der Waals surface area contributed by atoms with Gasteiger partial charge in [-0.2, -0.15) is 0 Å². The van der Waals surface area contributed by atoms with Gasteiger partial charge < -0.3 is 14.9 Å². The summed E-state index contributed by atoms with van der Waals surface area (Å²) in [7, 11) is 0. The van der Waals surface area contributed by atoms with Gasteiger partial charge in [0.1, 0.15) is 5.60 Å². The lowest BCUT2D eigenvalue weighted by Crippen LogP contribution is -2.53. The Morgan fingerprint density at radius 1 is 0.774 bits per heavy atom. The molecule has 5 heteroatoms. The number of carbonyl (C=O) groups is 2. The second-order valence-electron chi connectivity index (χ2n) is 8.58. The maximum absolute atomic E-state index is 12.9. The summed E-state index contributed by atoms with van der Waals surface area (Å²) < 4.78 is 0. The Hall–Kier alpha value is -3.18. The molecule has 1 heterocycles. The second kappa shape index (κ2) is 7.82. The van der Waals surface area contributed by atoms with Gasteiger partial charge in [0.25, 0.3) is 11.8 Å². The molecule has 3 aliphatic rings. The third-order valence-electron chi connectivity index (χ3n) is 6.39. The zero-order chi connectivity index (χ0) is 21.4. The van der Waals surface area contributed by atoms with E-state index in [0.717, 1.165) is 17.5 Å². The predicted molar refractivity (Wildman–Crippen MR) is 121 cm³/mol. The van der Waals surface area contributed by atoms with Gasteiger partial charge in [-0.05, 0) is 59.7 Å². The molecule has 31 heavy (non-hydrogen) atoms. The normalized spacial score (nSPS) is 19.0. The number of hydrogen-bond acceptors (Lipinski definition) is 3. The fourth-order valence-corrected chi connectivity index (χ4v) is 4.25. The van der Waals surface area contributed by atoms with Crippen LogP contribution in [0.1, 0.15) is 40.7 Å². The van der Waals surface area contributed by atoms with Crippen LogP contribution in [0.15, 0.2) is 54.6 Å². The molecule has 0 radical (unpaired) electrons. The first kappa shape index (κ1) is 19.8. The van der Waals surface area contributed by atoms with Crippen LogP contribution in [-0.2, 0) is 4.79 Å². The van der Waals surface area contributed by atoms with Crippen molar-refractivity contribution in [1.29, 1.82) is 0 Å². The van der Waals surface area contributed by atoms with Crippen LogP contribution in [0.2, 0.25) is 0 Å². The van der Waals surface area contributed by atoms with Crippen molar-refractivity contribution < 1.29 is 14.7 Å². The van der Waals surface area contributed by atoms with Crippen LogP contribution in [0.3, 0.4) is 0 Å². The highest BCUT2D eigenvalue weighted by Crippen LogP contribution is 2.37. The Morgan fingerprint density at radius 3 is 2.06 bits per heavy atom. The van der Waals surface area contributed by atoms with Gasteiger partial charge in [-0.15, -0.1) is 0 Å². The van der Waals surface area contributed by atoms with E-state index >= 15 is 0 Å². The average Bonchev–Trinajstić information content (AvgIpc) is 3.61. The molecule has 2 fully saturated rings. The van der Waals surface area contributed by atoms with E-state index in [-0.39, 0.29) is 11.8 Å². The van der Waals surface area contributed by atoms with Gasteiger partial charge in [0.15, 0.2) is 0 Å². The molecule has 5 nitrogen and oxygen atoms in total. The number of piperazine rings is 1. The van der Waals surface area contributed by atoms with Gasteiger partial charge in [0.05, 0.1) is 0 Å². The van der Waals surface area contributed by atoms with Crippen LogP contribution in [0.5, 0.6) is 0 Å². The van der Waals surface area contributed by atoms with Crippen LogP contribution in [0, 0.1) is 0 Å². The number of carbonyl (C=O) groups excluding carboxylic acids is 2. The Kier molecular flexibility index (Phi) is 4.98. The molecule has 0 aromatic heterocycles. The third kappa shape index (κ3) is 3.93. The molecule has 0 atom stereocenters. The molecule has 1 saturated carbocycles. The van der Waals surface area contributed by atoms with Crippen LogP contribution >= 0.6 is 0 Å². The SMILES string of the molecule is O=C(c1ccc(-c2ccc3c(c2)C=CCC=C3)cc1)N1CCN(C(=O)C2(O)CC2)CC1. The van der Waals surface area contributed by atoms with Gasteiger partial charge in [0, 0.05) is 31.7 Å². The smallest absolute Gasteiger partial charge is 0.254 e. The molecule has 1 saturated heterocycles. The monoisotopic (exact) mass is 414 g/mol. The number of benzene rings is 2. The van der Waals surface area contributed by atoms with Crippen LogP contribution in [0.25, 0.3) is 23.3 Å². The summed E-state index contributed by atoms with van der Waals surface area (Å²) in [5, 5.41) is 10.0. The first-order valence-electron chi connectivity index (χ1n) is 10.9. The largest absolute Gasteiger partial charge is 0.380 e. The van der Waals surface area contributed by atoms with Crippen molar-refractivity contribution in [1.82, 2.24) is 9.80 Å². The van der Waals surface area contributed by atoms with Crippen molar-refractivity contribution in [3.8, 4) is 11.1 Å². The van der Waals surface area contributed by atoms with Crippen molar-refractivity contribution >= 4 is 24.0 Å². The molecule has 2 amide bonds. The van der Waals surface area contributed by atoms with Crippen molar-refractivity contribution in [2.45, 2.75) is 24.9 Å². The molecule has 1 aliphatic heterocycles. The summed E-state index contributed by atoms with van der Waals surface area (Å²) in [4.78, 5) is 28.7. The minimum atomic E-state index is -1.14. The summed E-state index contributed by atoms with van der Waals surface area (Å²) >= 11 is 0. The topological polar surface area (TPSA) is 60.9 Å². The molecule has 5 rings (SSSR count). The zero-order valence-corrected chi connectivity index (χ0v) is 17.5. The van der Waals surface area contributed by atoms with E-state index in [1.165, 1.54) is 11.1 Å². The molecule has 0 spiro atoms. The van der Waals surface area contributed by atoms with E-state index < -0.39 is 5.60 Å². The molecule has 0 unspecified atom stereocenters. The molecule has 2 aliphatic carbocycles. The number of aliphatic hydroxyl groups is 1. The van der Waals surface area contributed by atoms with E-state index in [0.29, 0.717) is 44.6 Å². The zero-order valence-electron chi connectivity index (χ0n) is 17.5. The molecule has 0 bridgehead atoms. The Bertz CT molecular complexity index is 1070. The van der Waals surface area contributed by atoms with Gasteiger partial charge in [-0.1, -0.05) is 48.6 Å². The van der Waals surface area contributed by atoms with Gasteiger partial charge in [0.2, 0.25) is 0 Å². The quantitative estimate of drug-likeness (QED) is 0.835. The predicted octanol–water partition coefficient (Wildman–Crippen LogP) is 3.59. The highest BCUT2D eigenvalue weighted by molar-refractivity contribution is 5.95. The number of rotatable bonds is 3. The Morgan fingerprint density at radius 2 is 1.39 bits per heavy atom. The molecular weight excluding hydrogens is 388 g/mol. The summed E-state index contributed by atoms with van der Waals surface area (Å²) in [5.74, 6) is -0.200. The van der Waals surface area contributed by atoms with E-state index in [1.807, 2.05) is 24.3 Å². The standard InChI is InChI=1S/C26H26N2O3/c29-24(27-14-16-28(17-15-27)25(30)26(31)12-13-26)21-9-6-20(7-10-21)23-11-8-19-4-2-1-3-5-22(19)18-23/h2-11,18,31H,1,12-17H2. The van der Waals surface area contributed by atoms with Crippen molar-refractivity contribution in [3.05, 3.63) is 71.3 Å². The van der Waals surface area contributed by atoms with Crippen LogP contribution in [0.4, 0.5) is 0 Å². The lowest BCUT2D eigenvalue weighted by molar-refractivity contribution is -0.143. The Balaban J connectivity index is 1.25. The molecule has 2 aromatic carbocycles. The fourth-order valence-electron chi connectivity index (χ4n) is 4.25. The minimum absolute atomic E-state index is 0.0150. The molecule has 158 valence electrons. The van der Waals surface area contributed by atoms with Crippen molar-refractivity contribution in [2.75, 3.05) is 26.2 Å². The van der Waals surface area contributed by atoms with Crippen LogP contribution < -0.4 is 0 Å². The van der Waals surface area contributed by atoms with E-state index in [2.05, 4.69) is 42.5 Å². The second-order valence-corrected chi connectivity index (χ2v) is 8.58. The summed E-state index contributed by atoms with van der Waals surface area (Å²) in [6.45, 7) is 1.93. The number of amides is 2. The van der Waals surface area contributed by atoms with Crippen LogP contribution in [-0.4, -0.2) is 58.5 Å². The summed E-state index contributed by atoms with van der Waals surface area (Å²) in [6, 6.07) is 14.2. The molecular formula is C26H26N2O3. The van der Waals surface area contributed by atoms with Gasteiger partial charge >= 0.3 is 0 Å². The van der Waals surface area contributed by atoms with Gasteiger partial charge in [-0.25, -0.2) is 0 Å². The molecule has 1 N–H and O–H groups in total. The van der Waals surface area contributed by atoms with E-state index in [1.54, 1.807) is 9.80 Å². The average molecular weight is 415 g/mol. The highest BCUT2D eigenvalue weighted by atomic mass is 16.3. The third-order valence-corrected chi connectivity index (χ3v) is 6.39. The first-order chi connectivity index (χ1) is 15.0. The van der Waals surface area contributed by atoms with Crippen molar-refractivity contribution in [2.24, 2.45) is 0 Å². The highest BCUT2D eigenvalue weighted by Gasteiger charge is 2.50. The van der Waals surface area contributed by atoms with E-state index in [9.17, 15) is 14.7 Å². The number of allylic oxidation sites excluding steroid dienone is 2. The lowest BCUT2D eigenvalue weighted by atomic mass is 9.98. The number of nitrogens with zero attached hydrogens (tertiary/aromatic N) is 2. The fraction of sp³-hybridized carbons (Fsp3) is 0.308. The Labute approximate surface area is 182 Å². The first-order valence-corrected chi connectivity index (χ1v) is 10.9. The molecule has 2 aromatic rings. The lowest BCUT2D eigenvalue weighted by Gasteiger charge is -2.35. The number of fused-ring (bicyclic) bond motifs is 1.